The highest BCUT2D eigenvalue weighted by Gasteiger charge is 2.21. The summed E-state index contributed by atoms with van der Waals surface area (Å²) in [5.74, 6) is 0.999. The van der Waals surface area contributed by atoms with Gasteiger partial charge in [-0.25, -0.2) is 0 Å². The fraction of sp³-hybridized carbons (Fsp3) is 0.429. The SMILES string of the molecule is COc1ccccc1CN1CCC(=O)CCC1=O. The van der Waals surface area contributed by atoms with Gasteiger partial charge in [0.25, 0.3) is 0 Å². The van der Waals surface area contributed by atoms with Crippen molar-refractivity contribution >= 4 is 11.7 Å². The van der Waals surface area contributed by atoms with Gasteiger partial charge in [-0.05, 0) is 6.07 Å². The van der Waals surface area contributed by atoms with Crippen LogP contribution in [0.2, 0.25) is 0 Å². The lowest BCUT2D eigenvalue weighted by molar-refractivity contribution is -0.131. The highest BCUT2D eigenvalue weighted by Crippen LogP contribution is 2.21. The van der Waals surface area contributed by atoms with E-state index < -0.39 is 0 Å². The molecular formula is C14H17NO3. The first kappa shape index (κ1) is 12.6. The molecule has 1 aromatic carbocycles. The summed E-state index contributed by atoms with van der Waals surface area (Å²) in [5.41, 5.74) is 0.975. The Kier molecular flexibility index (Phi) is 3.97. The van der Waals surface area contributed by atoms with E-state index in [4.69, 9.17) is 4.74 Å². The molecule has 1 heterocycles. The fourth-order valence-electron chi connectivity index (χ4n) is 2.12. The first-order valence-electron chi connectivity index (χ1n) is 6.12. The summed E-state index contributed by atoms with van der Waals surface area (Å²) in [6.45, 7) is 1.02. The van der Waals surface area contributed by atoms with Crippen molar-refractivity contribution in [2.75, 3.05) is 13.7 Å². The lowest BCUT2D eigenvalue weighted by atomic mass is 10.2. The molecule has 0 N–H and O–H groups in total. The molecule has 0 atom stereocenters. The van der Waals surface area contributed by atoms with Gasteiger partial charge >= 0.3 is 0 Å². The number of ketones is 1. The van der Waals surface area contributed by atoms with Crippen LogP contribution in [0.25, 0.3) is 0 Å². The number of carbonyl (C=O) groups is 2. The molecule has 0 radical (unpaired) electrons. The van der Waals surface area contributed by atoms with E-state index in [-0.39, 0.29) is 11.7 Å². The summed E-state index contributed by atoms with van der Waals surface area (Å²) >= 11 is 0. The standard InChI is InChI=1S/C14H17NO3/c1-18-13-5-3-2-4-11(13)10-15-9-8-12(16)6-7-14(15)17/h2-5H,6-10H2,1H3. The molecule has 1 amide bonds. The van der Waals surface area contributed by atoms with Gasteiger partial charge in [0.1, 0.15) is 11.5 Å². The lowest BCUT2D eigenvalue weighted by Crippen LogP contribution is -2.29. The zero-order valence-corrected chi connectivity index (χ0v) is 10.5. The molecule has 0 unspecified atom stereocenters. The van der Waals surface area contributed by atoms with Crippen LogP contribution in [-0.4, -0.2) is 30.2 Å². The van der Waals surface area contributed by atoms with Crippen molar-refractivity contribution in [1.29, 1.82) is 0 Å². The highest BCUT2D eigenvalue weighted by atomic mass is 16.5. The van der Waals surface area contributed by atoms with Crippen molar-refractivity contribution in [2.24, 2.45) is 0 Å². The zero-order valence-electron chi connectivity index (χ0n) is 10.5. The summed E-state index contributed by atoms with van der Waals surface area (Å²) in [4.78, 5) is 25.0. The third kappa shape index (κ3) is 2.88. The molecule has 0 aliphatic carbocycles. The van der Waals surface area contributed by atoms with Crippen LogP contribution in [0.3, 0.4) is 0 Å². The maximum absolute atomic E-state index is 11.9. The molecule has 18 heavy (non-hydrogen) atoms. The van der Waals surface area contributed by atoms with E-state index in [0.29, 0.717) is 32.4 Å². The minimum atomic E-state index is 0.0479. The number of amides is 1. The molecule has 0 aromatic heterocycles. The van der Waals surface area contributed by atoms with E-state index >= 15 is 0 Å². The van der Waals surface area contributed by atoms with Gasteiger partial charge in [-0.1, -0.05) is 18.2 Å². The Bertz CT molecular complexity index is 456. The first-order valence-corrected chi connectivity index (χ1v) is 6.12. The normalized spacial score (nSPS) is 16.6. The Morgan fingerprint density at radius 3 is 2.72 bits per heavy atom. The number of methoxy groups -OCH3 is 1. The zero-order chi connectivity index (χ0) is 13.0. The van der Waals surface area contributed by atoms with Crippen molar-refractivity contribution < 1.29 is 14.3 Å². The highest BCUT2D eigenvalue weighted by molar-refractivity contribution is 5.87. The molecular weight excluding hydrogens is 230 g/mol. The average molecular weight is 247 g/mol. The molecule has 0 bridgehead atoms. The van der Waals surface area contributed by atoms with Crippen LogP contribution >= 0.6 is 0 Å². The Balaban J connectivity index is 2.12. The van der Waals surface area contributed by atoms with Crippen LogP contribution in [0.5, 0.6) is 5.75 Å². The molecule has 96 valence electrons. The number of likely N-dealkylation sites (tertiary alicyclic amines) is 1. The minimum absolute atomic E-state index is 0.0479. The monoisotopic (exact) mass is 247 g/mol. The second kappa shape index (κ2) is 5.67. The molecule has 4 heteroatoms. The second-order valence-electron chi connectivity index (χ2n) is 4.42. The van der Waals surface area contributed by atoms with Crippen molar-refractivity contribution in [3.8, 4) is 5.75 Å². The molecule has 0 saturated carbocycles. The third-order valence-corrected chi connectivity index (χ3v) is 3.18. The number of Topliss-reactive ketones (excluding diaryl/α,β-unsaturated/α-hetero) is 1. The van der Waals surface area contributed by atoms with E-state index in [1.54, 1.807) is 12.0 Å². The topological polar surface area (TPSA) is 46.6 Å². The van der Waals surface area contributed by atoms with E-state index in [0.717, 1.165) is 11.3 Å². The van der Waals surface area contributed by atoms with E-state index in [9.17, 15) is 9.59 Å². The third-order valence-electron chi connectivity index (χ3n) is 3.18. The van der Waals surface area contributed by atoms with Crippen LogP contribution < -0.4 is 4.74 Å². The molecule has 0 spiro atoms. The van der Waals surface area contributed by atoms with Crippen LogP contribution in [0.1, 0.15) is 24.8 Å². The number of ether oxygens (including phenoxy) is 1. The van der Waals surface area contributed by atoms with E-state index in [2.05, 4.69) is 0 Å². The first-order chi connectivity index (χ1) is 8.70. The van der Waals surface area contributed by atoms with Crippen LogP contribution in [0.4, 0.5) is 0 Å². The number of rotatable bonds is 3. The van der Waals surface area contributed by atoms with Gasteiger partial charge in [-0.15, -0.1) is 0 Å². The van der Waals surface area contributed by atoms with Gasteiger partial charge in [0.05, 0.1) is 7.11 Å². The lowest BCUT2D eigenvalue weighted by Gasteiger charge is -2.21. The van der Waals surface area contributed by atoms with Gasteiger partial charge in [0.15, 0.2) is 0 Å². The van der Waals surface area contributed by atoms with E-state index in [1.165, 1.54) is 0 Å². The molecule has 1 saturated heterocycles. The smallest absolute Gasteiger partial charge is 0.223 e. The maximum atomic E-state index is 11.9. The van der Waals surface area contributed by atoms with Crippen LogP contribution in [0, 0.1) is 0 Å². The Morgan fingerprint density at radius 2 is 1.94 bits per heavy atom. The summed E-state index contributed by atoms with van der Waals surface area (Å²) in [6.07, 6.45) is 1.16. The molecule has 4 nitrogen and oxygen atoms in total. The van der Waals surface area contributed by atoms with Crippen molar-refractivity contribution in [3.05, 3.63) is 29.8 Å². The quantitative estimate of drug-likeness (QED) is 0.818. The minimum Gasteiger partial charge on any atom is -0.496 e. The number of hydrogen-bond donors (Lipinski definition) is 0. The maximum Gasteiger partial charge on any atom is 0.223 e. The number of nitrogens with zero attached hydrogens (tertiary/aromatic N) is 1. The number of para-hydroxylation sites is 1. The van der Waals surface area contributed by atoms with Crippen LogP contribution in [0.15, 0.2) is 24.3 Å². The molecule has 1 aliphatic rings. The predicted molar refractivity (Wildman–Crippen MR) is 67.3 cm³/mol. The summed E-state index contributed by atoms with van der Waals surface area (Å²) in [6, 6.07) is 7.64. The Labute approximate surface area is 107 Å². The molecule has 2 rings (SSSR count). The van der Waals surface area contributed by atoms with Gasteiger partial charge in [-0.3, -0.25) is 9.59 Å². The predicted octanol–water partition coefficient (Wildman–Crippen LogP) is 1.78. The Morgan fingerprint density at radius 1 is 1.17 bits per heavy atom. The average Bonchev–Trinajstić information content (AvgIpc) is 2.55. The largest absolute Gasteiger partial charge is 0.496 e. The number of hydrogen-bond acceptors (Lipinski definition) is 3. The molecule has 1 fully saturated rings. The Hall–Kier alpha value is -1.84. The van der Waals surface area contributed by atoms with Gasteiger partial charge in [-0.2, -0.15) is 0 Å². The van der Waals surface area contributed by atoms with Crippen molar-refractivity contribution in [1.82, 2.24) is 4.90 Å². The van der Waals surface area contributed by atoms with Gasteiger partial charge in [0, 0.05) is 37.9 Å². The number of benzene rings is 1. The molecule has 1 aliphatic heterocycles. The summed E-state index contributed by atoms with van der Waals surface area (Å²) in [7, 11) is 1.62. The second-order valence-corrected chi connectivity index (χ2v) is 4.42. The molecule has 1 aromatic rings. The summed E-state index contributed by atoms with van der Waals surface area (Å²) < 4.78 is 5.27. The van der Waals surface area contributed by atoms with Gasteiger partial charge in [0.2, 0.25) is 5.91 Å². The van der Waals surface area contributed by atoms with Crippen LogP contribution in [-0.2, 0) is 16.1 Å². The van der Waals surface area contributed by atoms with Crippen molar-refractivity contribution in [2.45, 2.75) is 25.8 Å². The van der Waals surface area contributed by atoms with Gasteiger partial charge < -0.3 is 9.64 Å². The van der Waals surface area contributed by atoms with E-state index in [1.807, 2.05) is 24.3 Å². The fourth-order valence-corrected chi connectivity index (χ4v) is 2.12. The summed E-state index contributed by atoms with van der Waals surface area (Å²) in [5, 5.41) is 0. The van der Waals surface area contributed by atoms with Crippen molar-refractivity contribution in [3.63, 3.8) is 0 Å². The number of carbonyl (C=O) groups excluding carboxylic acids is 2.